The monoisotopic (exact) mass is 301 g/mol. The van der Waals surface area contributed by atoms with Crippen LogP contribution >= 0.6 is 23.2 Å². The van der Waals surface area contributed by atoms with Gasteiger partial charge in [-0.3, -0.25) is 4.98 Å². The van der Waals surface area contributed by atoms with Gasteiger partial charge in [0.25, 0.3) is 0 Å². The molecule has 1 heterocycles. The van der Waals surface area contributed by atoms with Crippen molar-refractivity contribution in [1.29, 1.82) is 0 Å². The fourth-order valence-electron chi connectivity index (χ4n) is 1.78. The van der Waals surface area contributed by atoms with E-state index in [1.807, 2.05) is 19.1 Å². The Bertz CT molecular complexity index is 564. The summed E-state index contributed by atoms with van der Waals surface area (Å²) in [4.78, 5) is 3.85. The van der Waals surface area contributed by atoms with E-state index in [1.165, 1.54) is 18.5 Å². The number of halogens is 4. The minimum atomic E-state index is -3.46. The van der Waals surface area contributed by atoms with Gasteiger partial charge in [-0.1, -0.05) is 29.8 Å². The van der Waals surface area contributed by atoms with Crippen molar-refractivity contribution in [3.63, 3.8) is 0 Å². The maximum atomic E-state index is 13.3. The number of benzene rings is 1. The highest BCUT2D eigenvalue weighted by Crippen LogP contribution is 2.40. The van der Waals surface area contributed by atoms with Gasteiger partial charge in [0.15, 0.2) is 0 Å². The third kappa shape index (κ3) is 3.23. The van der Waals surface area contributed by atoms with Gasteiger partial charge in [-0.25, -0.2) is 0 Å². The van der Waals surface area contributed by atoms with Crippen LogP contribution in [0.5, 0.6) is 0 Å². The van der Waals surface area contributed by atoms with E-state index < -0.39 is 10.8 Å². The van der Waals surface area contributed by atoms with Crippen LogP contribution in [0.1, 0.15) is 27.6 Å². The largest absolute Gasteiger partial charge is 0.348 e. The SMILES string of the molecule is Cc1ccc(C(Cl)c2cnccc2C(F)(F)Cl)cc1. The standard InChI is InChI=1S/C14H11Cl2F2N/c1-9-2-4-10(5-3-9)13(15)11-8-19-7-6-12(11)14(16,17)18/h2-8,13H,1H3. The van der Waals surface area contributed by atoms with Crippen LogP contribution in [0, 0.1) is 6.92 Å². The van der Waals surface area contributed by atoms with Gasteiger partial charge in [-0.05, 0) is 30.2 Å². The average molecular weight is 302 g/mol. The summed E-state index contributed by atoms with van der Waals surface area (Å²) >= 11 is 11.4. The van der Waals surface area contributed by atoms with E-state index in [-0.39, 0.29) is 11.1 Å². The van der Waals surface area contributed by atoms with Crippen LogP contribution in [0.2, 0.25) is 0 Å². The van der Waals surface area contributed by atoms with E-state index in [0.29, 0.717) is 0 Å². The molecule has 1 aromatic carbocycles. The molecule has 2 aromatic rings. The predicted octanol–water partition coefficient (Wildman–Crippen LogP) is 5.01. The van der Waals surface area contributed by atoms with E-state index in [9.17, 15) is 8.78 Å². The van der Waals surface area contributed by atoms with Crippen LogP contribution < -0.4 is 0 Å². The lowest BCUT2D eigenvalue weighted by Crippen LogP contribution is -2.10. The molecule has 0 radical (unpaired) electrons. The van der Waals surface area contributed by atoms with Crippen molar-refractivity contribution in [2.75, 3.05) is 0 Å². The van der Waals surface area contributed by atoms with Crippen molar-refractivity contribution in [2.24, 2.45) is 0 Å². The minimum absolute atomic E-state index is 0.216. The maximum Gasteiger partial charge on any atom is 0.348 e. The van der Waals surface area contributed by atoms with Crippen LogP contribution in [0.25, 0.3) is 0 Å². The highest BCUT2D eigenvalue weighted by Gasteiger charge is 2.32. The molecule has 1 aromatic heterocycles. The number of nitrogens with zero attached hydrogens (tertiary/aromatic N) is 1. The quantitative estimate of drug-likeness (QED) is 0.727. The Balaban J connectivity index is 2.44. The van der Waals surface area contributed by atoms with Gasteiger partial charge in [-0.2, -0.15) is 8.78 Å². The lowest BCUT2D eigenvalue weighted by atomic mass is 10.0. The van der Waals surface area contributed by atoms with Gasteiger partial charge in [0.1, 0.15) is 0 Å². The molecule has 0 fully saturated rings. The number of rotatable bonds is 3. The van der Waals surface area contributed by atoms with E-state index in [0.717, 1.165) is 11.1 Å². The summed E-state index contributed by atoms with van der Waals surface area (Å²) in [6, 6.07) is 8.54. The molecule has 0 N–H and O–H groups in total. The number of hydrogen-bond donors (Lipinski definition) is 0. The molecule has 100 valence electrons. The van der Waals surface area contributed by atoms with Gasteiger partial charge in [-0.15, -0.1) is 11.6 Å². The molecule has 0 saturated carbocycles. The first-order valence-corrected chi connectivity index (χ1v) is 6.43. The Kier molecular flexibility index (Phi) is 4.07. The highest BCUT2D eigenvalue weighted by molar-refractivity contribution is 6.24. The van der Waals surface area contributed by atoms with E-state index in [1.54, 1.807) is 12.1 Å². The molecule has 0 aliphatic carbocycles. The van der Waals surface area contributed by atoms with E-state index >= 15 is 0 Å². The minimum Gasteiger partial charge on any atom is -0.264 e. The van der Waals surface area contributed by atoms with Crippen molar-refractivity contribution in [3.05, 3.63) is 65.0 Å². The molecular formula is C14H11Cl2F2N. The highest BCUT2D eigenvalue weighted by atomic mass is 35.5. The van der Waals surface area contributed by atoms with E-state index in [4.69, 9.17) is 23.2 Å². The molecule has 0 spiro atoms. The van der Waals surface area contributed by atoms with Crippen molar-refractivity contribution >= 4 is 23.2 Å². The molecule has 5 heteroatoms. The summed E-state index contributed by atoms with van der Waals surface area (Å²) in [5.41, 5.74) is 1.70. The zero-order valence-corrected chi connectivity index (χ0v) is 11.6. The molecular weight excluding hydrogens is 291 g/mol. The third-order valence-corrected chi connectivity index (χ3v) is 3.49. The third-order valence-electron chi connectivity index (χ3n) is 2.80. The first-order chi connectivity index (χ1) is 8.89. The Labute approximate surface area is 120 Å². The Morgan fingerprint density at radius 2 is 1.79 bits per heavy atom. The Morgan fingerprint density at radius 1 is 1.16 bits per heavy atom. The molecule has 0 saturated heterocycles. The second-order valence-electron chi connectivity index (χ2n) is 4.23. The topological polar surface area (TPSA) is 12.9 Å². The molecule has 0 bridgehead atoms. The Morgan fingerprint density at radius 3 is 2.37 bits per heavy atom. The average Bonchev–Trinajstić information content (AvgIpc) is 2.38. The van der Waals surface area contributed by atoms with Crippen molar-refractivity contribution in [3.8, 4) is 0 Å². The molecule has 0 aliphatic heterocycles. The second kappa shape index (κ2) is 5.43. The maximum absolute atomic E-state index is 13.3. The van der Waals surface area contributed by atoms with Crippen LogP contribution in [0.4, 0.5) is 8.78 Å². The lowest BCUT2D eigenvalue weighted by molar-refractivity contribution is 0.0940. The molecule has 1 unspecified atom stereocenters. The molecule has 1 nitrogen and oxygen atoms in total. The van der Waals surface area contributed by atoms with Gasteiger partial charge < -0.3 is 0 Å². The first-order valence-electron chi connectivity index (χ1n) is 5.61. The van der Waals surface area contributed by atoms with Crippen LogP contribution in [-0.2, 0) is 5.38 Å². The van der Waals surface area contributed by atoms with Gasteiger partial charge in [0.2, 0.25) is 0 Å². The van der Waals surface area contributed by atoms with Crippen molar-refractivity contribution in [1.82, 2.24) is 4.98 Å². The van der Waals surface area contributed by atoms with Crippen molar-refractivity contribution < 1.29 is 8.78 Å². The van der Waals surface area contributed by atoms with Gasteiger partial charge in [0, 0.05) is 23.5 Å². The second-order valence-corrected chi connectivity index (χ2v) is 5.15. The number of hydrogen-bond acceptors (Lipinski definition) is 1. The van der Waals surface area contributed by atoms with Crippen LogP contribution in [0.3, 0.4) is 0 Å². The Hall–Kier alpha value is -1.19. The summed E-state index contributed by atoms with van der Waals surface area (Å²) in [7, 11) is 0. The molecule has 1 atom stereocenters. The zero-order valence-electron chi connectivity index (χ0n) is 10.1. The molecule has 2 rings (SSSR count). The smallest absolute Gasteiger partial charge is 0.264 e. The van der Waals surface area contributed by atoms with E-state index in [2.05, 4.69) is 4.98 Å². The number of aryl methyl sites for hydroxylation is 1. The molecule has 19 heavy (non-hydrogen) atoms. The summed E-state index contributed by atoms with van der Waals surface area (Å²) in [6.07, 6.45) is 2.59. The summed E-state index contributed by atoms with van der Waals surface area (Å²) in [5, 5.41) is -4.18. The molecule has 0 aliphatic rings. The summed E-state index contributed by atoms with van der Waals surface area (Å²) in [5.74, 6) is 0. The van der Waals surface area contributed by atoms with Crippen LogP contribution in [-0.4, -0.2) is 4.98 Å². The molecule has 0 amide bonds. The predicted molar refractivity (Wildman–Crippen MR) is 72.9 cm³/mol. The van der Waals surface area contributed by atoms with Crippen molar-refractivity contribution in [2.45, 2.75) is 17.7 Å². The number of aromatic nitrogens is 1. The van der Waals surface area contributed by atoms with Gasteiger partial charge in [0.05, 0.1) is 5.38 Å². The van der Waals surface area contributed by atoms with Crippen LogP contribution in [0.15, 0.2) is 42.7 Å². The first kappa shape index (κ1) is 14.2. The lowest BCUT2D eigenvalue weighted by Gasteiger charge is -2.17. The number of alkyl halides is 4. The zero-order chi connectivity index (χ0) is 14.0. The summed E-state index contributed by atoms with van der Waals surface area (Å²) < 4.78 is 26.7. The summed E-state index contributed by atoms with van der Waals surface area (Å²) in [6.45, 7) is 1.94. The fourth-order valence-corrected chi connectivity index (χ4v) is 2.27. The number of pyridine rings is 1. The van der Waals surface area contributed by atoms with Gasteiger partial charge >= 0.3 is 5.38 Å². The fraction of sp³-hybridized carbons (Fsp3) is 0.214. The normalized spacial score (nSPS) is 13.3.